The molecule has 0 aliphatic rings. The maximum absolute atomic E-state index is 4.98. The van der Waals surface area contributed by atoms with E-state index in [1.807, 2.05) is 7.05 Å². The van der Waals surface area contributed by atoms with Crippen molar-refractivity contribution in [3.63, 3.8) is 0 Å². The van der Waals surface area contributed by atoms with Crippen molar-refractivity contribution in [3.8, 4) is 0 Å². The summed E-state index contributed by atoms with van der Waals surface area (Å²) in [6.45, 7) is 8.68. The Labute approximate surface area is 74.8 Å². The van der Waals surface area contributed by atoms with Crippen LogP contribution in [0.3, 0.4) is 0 Å². The van der Waals surface area contributed by atoms with Crippen molar-refractivity contribution in [1.82, 2.24) is 10.6 Å². The van der Waals surface area contributed by atoms with Crippen molar-refractivity contribution in [2.75, 3.05) is 7.05 Å². The van der Waals surface area contributed by atoms with Crippen molar-refractivity contribution in [2.24, 2.45) is 5.41 Å². The Morgan fingerprint density at radius 2 is 1.82 bits per heavy atom. The molecule has 3 heteroatoms. The van der Waals surface area contributed by atoms with Crippen LogP contribution in [-0.4, -0.2) is 18.2 Å². The Balaban J connectivity index is 3.87. The Morgan fingerprint density at radius 3 is 2.09 bits per heavy atom. The minimum atomic E-state index is 0.251. The standard InChI is InChI=1S/C8H18N2S/c1-6(8(2,3)4)10-7(11)9-5/h6H,1-5H3,(H2,9,10,11). The molecule has 0 heterocycles. The van der Waals surface area contributed by atoms with E-state index in [4.69, 9.17) is 12.2 Å². The predicted octanol–water partition coefficient (Wildman–Crippen LogP) is 1.51. The molecule has 0 amide bonds. The van der Waals surface area contributed by atoms with Crippen LogP contribution in [0, 0.1) is 5.41 Å². The van der Waals surface area contributed by atoms with Gasteiger partial charge in [0.05, 0.1) is 0 Å². The summed E-state index contributed by atoms with van der Waals surface area (Å²) >= 11 is 4.98. The smallest absolute Gasteiger partial charge is 0.166 e. The van der Waals surface area contributed by atoms with E-state index in [0.717, 1.165) is 0 Å². The fourth-order valence-electron chi connectivity index (χ4n) is 0.485. The molecular formula is C8H18N2S. The topological polar surface area (TPSA) is 24.1 Å². The lowest BCUT2D eigenvalue weighted by Gasteiger charge is -2.28. The largest absolute Gasteiger partial charge is 0.366 e. The molecule has 0 bridgehead atoms. The van der Waals surface area contributed by atoms with Gasteiger partial charge in [0.15, 0.2) is 5.11 Å². The maximum atomic E-state index is 4.98. The molecule has 0 radical (unpaired) electrons. The zero-order valence-corrected chi connectivity index (χ0v) is 8.80. The molecule has 0 fully saturated rings. The molecule has 0 aromatic heterocycles. The number of hydrogen-bond acceptors (Lipinski definition) is 1. The highest BCUT2D eigenvalue weighted by atomic mass is 32.1. The lowest BCUT2D eigenvalue weighted by Crippen LogP contribution is -2.45. The van der Waals surface area contributed by atoms with Gasteiger partial charge in [0.25, 0.3) is 0 Å². The molecule has 0 saturated heterocycles. The molecule has 2 nitrogen and oxygen atoms in total. The SMILES string of the molecule is CNC(=S)NC(C)C(C)(C)C. The summed E-state index contributed by atoms with van der Waals surface area (Å²) in [5, 5.41) is 6.79. The lowest BCUT2D eigenvalue weighted by atomic mass is 9.88. The van der Waals surface area contributed by atoms with E-state index in [1.54, 1.807) is 0 Å². The Bertz CT molecular complexity index is 138. The van der Waals surface area contributed by atoms with E-state index >= 15 is 0 Å². The van der Waals surface area contributed by atoms with Crippen LogP contribution in [0.5, 0.6) is 0 Å². The van der Waals surface area contributed by atoms with Gasteiger partial charge in [-0.3, -0.25) is 0 Å². The van der Waals surface area contributed by atoms with Gasteiger partial charge in [-0.2, -0.15) is 0 Å². The van der Waals surface area contributed by atoms with Gasteiger partial charge < -0.3 is 10.6 Å². The van der Waals surface area contributed by atoms with Crippen LogP contribution in [0.2, 0.25) is 0 Å². The van der Waals surface area contributed by atoms with Crippen LogP contribution in [0.1, 0.15) is 27.7 Å². The quantitative estimate of drug-likeness (QED) is 0.589. The van der Waals surface area contributed by atoms with Gasteiger partial charge in [0.1, 0.15) is 0 Å². The molecule has 1 unspecified atom stereocenters. The Kier molecular flexibility index (Phi) is 3.79. The Morgan fingerprint density at radius 1 is 1.36 bits per heavy atom. The molecule has 0 rings (SSSR count). The first kappa shape index (κ1) is 10.7. The van der Waals surface area contributed by atoms with E-state index in [2.05, 4.69) is 38.3 Å². The highest BCUT2D eigenvalue weighted by Crippen LogP contribution is 2.17. The van der Waals surface area contributed by atoms with E-state index in [1.165, 1.54) is 0 Å². The number of nitrogens with one attached hydrogen (secondary N) is 2. The van der Waals surface area contributed by atoms with Gasteiger partial charge >= 0.3 is 0 Å². The highest BCUT2D eigenvalue weighted by Gasteiger charge is 2.19. The second-order valence-corrected chi connectivity index (χ2v) is 4.22. The molecule has 0 spiro atoms. The van der Waals surface area contributed by atoms with E-state index < -0.39 is 0 Å². The van der Waals surface area contributed by atoms with Crippen LogP contribution in [0.15, 0.2) is 0 Å². The van der Waals surface area contributed by atoms with E-state index in [-0.39, 0.29) is 5.41 Å². The summed E-state index contributed by atoms with van der Waals surface area (Å²) in [6.07, 6.45) is 0. The zero-order chi connectivity index (χ0) is 9.07. The first-order valence-electron chi connectivity index (χ1n) is 3.86. The molecular weight excluding hydrogens is 156 g/mol. The predicted molar refractivity (Wildman–Crippen MR) is 53.7 cm³/mol. The maximum Gasteiger partial charge on any atom is 0.166 e. The molecule has 2 N–H and O–H groups in total. The van der Waals surface area contributed by atoms with E-state index in [9.17, 15) is 0 Å². The molecule has 0 aromatic carbocycles. The fraction of sp³-hybridized carbons (Fsp3) is 0.875. The molecule has 0 aliphatic carbocycles. The monoisotopic (exact) mass is 174 g/mol. The summed E-state index contributed by atoms with van der Waals surface area (Å²) in [5.41, 5.74) is 0.251. The van der Waals surface area contributed by atoms with Gasteiger partial charge in [0, 0.05) is 13.1 Å². The number of hydrogen-bond donors (Lipinski definition) is 2. The summed E-state index contributed by atoms with van der Waals surface area (Å²) in [6, 6.07) is 0.391. The highest BCUT2D eigenvalue weighted by molar-refractivity contribution is 7.80. The van der Waals surface area contributed by atoms with Gasteiger partial charge in [-0.25, -0.2) is 0 Å². The fourth-order valence-corrected chi connectivity index (χ4v) is 0.662. The average molecular weight is 174 g/mol. The molecule has 66 valence electrons. The zero-order valence-electron chi connectivity index (χ0n) is 7.99. The van der Waals surface area contributed by atoms with Gasteiger partial charge in [0.2, 0.25) is 0 Å². The molecule has 11 heavy (non-hydrogen) atoms. The van der Waals surface area contributed by atoms with Crippen molar-refractivity contribution < 1.29 is 0 Å². The normalized spacial score (nSPS) is 13.9. The summed E-state index contributed by atoms with van der Waals surface area (Å²) in [7, 11) is 1.82. The summed E-state index contributed by atoms with van der Waals surface area (Å²) in [4.78, 5) is 0. The number of thiocarbonyl (C=S) groups is 1. The van der Waals surface area contributed by atoms with Crippen LogP contribution in [0.25, 0.3) is 0 Å². The lowest BCUT2D eigenvalue weighted by molar-refractivity contribution is 0.315. The molecule has 0 aromatic rings. The first-order chi connectivity index (χ1) is 4.88. The van der Waals surface area contributed by atoms with Gasteiger partial charge in [-0.1, -0.05) is 20.8 Å². The molecule has 1 atom stereocenters. The third-order valence-electron chi connectivity index (χ3n) is 1.87. The molecule has 0 saturated carbocycles. The Hall–Kier alpha value is -0.310. The van der Waals surface area contributed by atoms with Crippen molar-refractivity contribution in [3.05, 3.63) is 0 Å². The van der Waals surface area contributed by atoms with Gasteiger partial charge in [-0.15, -0.1) is 0 Å². The minimum absolute atomic E-state index is 0.251. The van der Waals surface area contributed by atoms with E-state index in [0.29, 0.717) is 11.2 Å². The van der Waals surface area contributed by atoms with Crippen molar-refractivity contribution in [2.45, 2.75) is 33.7 Å². The van der Waals surface area contributed by atoms with Crippen LogP contribution in [-0.2, 0) is 0 Å². The van der Waals surface area contributed by atoms with Crippen LogP contribution < -0.4 is 10.6 Å². The molecule has 0 aliphatic heterocycles. The van der Waals surface area contributed by atoms with Crippen molar-refractivity contribution in [1.29, 1.82) is 0 Å². The average Bonchev–Trinajstić information content (AvgIpc) is 1.85. The third-order valence-corrected chi connectivity index (χ3v) is 2.20. The second-order valence-electron chi connectivity index (χ2n) is 3.81. The summed E-state index contributed by atoms with van der Waals surface area (Å²) in [5.74, 6) is 0. The number of rotatable bonds is 1. The van der Waals surface area contributed by atoms with Crippen molar-refractivity contribution >= 4 is 17.3 Å². The summed E-state index contributed by atoms with van der Waals surface area (Å²) < 4.78 is 0. The first-order valence-corrected chi connectivity index (χ1v) is 4.27. The second kappa shape index (κ2) is 3.90. The van der Waals surface area contributed by atoms with Crippen LogP contribution in [0.4, 0.5) is 0 Å². The van der Waals surface area contributed by atoms with Gasteiger partial charge in [-0.05, 0) is 24.6 Å². The minimum Gasteiger partial charge on any atom is -0.366 e. The third kappa shape index (κ3) is 4.19. The van der Waals surface area contributed by atoms with Crippen LogP contribution >= 0.6 is 12.2 Å².